The zero-order valence-corrected chi connectivity index (χ0v) is 15.1. The van der Waals surface area contributed by atoms with Crippen LogP contribution in [0.25, 0.3) is 0 Å². The van der Waals surface area contributed by atoms with Crippen LogP contribution < -0.4 is 0 Å². The van der Waals surface area contributed by atoms with Crippen LogP contribution >= 0.6 is 0 Å². The molecule has 1 atom stereocenters. The summed E-state index contributed by atoms with van der Waals surface area (Å²) in [7, 11) is 1.34. The Morgan fingerprint density at radius 3 is 2.68 bits per heavy atom. The lowest BCUT2D eigenvalue weighted by Crippen LogP contribution is -2.46. The van der Waals surface area contributed by atoms with E-state index in [2.05, 4.69) is 57.6 Å². The third kappa shape index (κ3) is 4.08. The lowest BCUT2D eigenvalue weighted by Gasteiger charge is -2.37. The van der Waals surface area contributed by atoms with E-state index in [-0.39, 0.29) is 11.7 Å². The highest BCUT2D eigenvalue weighted by Gasteiger charge is 2.26. The van der Waals surface area contributed by atoms with Crippen LogP contribution in [-0.2, 0) is 11.3 Å². The maximum atomic E-state index is 11.5. The SMILES string of the molecule is COC(=O)c1coc(C(C)N2CCN(Cc3ccccc3C)CC2)n1. The molecule has 25 heavy (non-hydrogen) atoms. The Morgan fingerprint density at radius 1 is 1.28 bits per heavy atom. The number of benzene rings is 1. The van der Waals surface area contributed by atoms with E-state index in [1.807, 2.05) is 0 Å². The molecular formula is C19H25N3O3. The molecule has 0 spiro atoms. The number of piperazine rings is 1. The van der Waals surface area contributed by atoms with E-state index in [1.54, 1.807) is 0 Å². The average molecular weight is 343 g/mol. The predicted molar refractivity (Wildman–Crippen MR) is 94.3 cm³/mol. The molecule has 0 radical (unpaired) electrons. The predicted octanol–water partition coefficient (Wildman–Crippen LogP) is 2.65. The van der Waals surface area contributed by atoms with Gasteiger partial charge in [0.2, 0.25) is 5.89 Å². The van der Waals surface area contributed by atoms with Crippen LogP contribution in [0.1, 0.15) is 40.5 Å². The molecule has 0 bridgehead atoms. The Hall–Kier alpha value is -2.18. The normalized spacial score (nSPS) is 17.4. The number of methoxy groups -OCH3 is 1. The summed E-state index contributed by atoms with van der Waals surface area (Å²) in [5, 5.41) is 0. The number of aryl methyl sites for hydroxylation is 1. The second-order valence-electron chi connectivity index (χ2n) is 6.48. The molecule has 1 fully saturated rings. The molecule has 3 rings (SSSR count). The molecule has 0 N–H and O–H groups in total. The minimum Gasteiger partial charge on any atom is -0.464 e. The largest absolute Gasteiger partial charge is 0.464 e. The van der Waals surface area contributed by atoms with Gasteiger partial charge in [-0.15, -0.1) is 0 Å². The van der Waals surface area contributed by atoms with Crippen LogP contribution in [0.3, 0.4) is 0 Å². The maximum absolute atomic E-state index is 11.5. The molecule has 2 aromatic rings. The summed E-state index contributed by atoms with van der Waals surface area (Å²) < 4.78 is 10.1. The molecule has 6 heteroatoms. The van der Waals surface area contributed by atoms with Crippen molar-refractivity contribution in [3.05, 3.63) is 53.2 Å². The number of carbonyl (C=O) groups excluding carboxylic acids is 1. The quantitative estimate of drug-likeness (QED) is 0.778. The summed E-state index contributed by atoms with van der Waals surface area (Å²) in [6.45, 7) is 9.11. The number of carbonyl (C=O) groups is 1. The van der Waals surface area contributed by atoms with E-state index in [0.717, 1.165) is 32.7 Å². The minimum absolute atomic E-state index is 0.0408. The van der Waals surface area contributed by atoms with Crippen molar-refractivity contribution in [3.63, 3.8) is 0 Å². The minimum atomic E-state index is -0.467. The first kappa shape index (κ1) is 17.6. The second-order valence-corrected chi connectivity index (χ2v) is 6.48. The number of hydrogen-bond acceptors (Lipinski definition) is 6. The molecule has 0 amide bonds. The monoisotopic (exact) mass is 343 g/mol. The van der Waals surface area contributed by atoms with Gasteiger partial charge < -0.3 is 9.15 Å². The summed E-state index contributed by atoms with van der Waals surface area (Å²) in [5.41, 5.74) is 2.95. The molecule has 1 unspecified atom stereocenters. The van der Waals surface area contributed by atoms with Gasteiger partial charge in [0.15, 0.2) is 5.69 Å². The van der Waals surface area contributed by atoms with E-state index < -0.39 is 5.97 Å². The first-order valence-electron chi connectivity index (χ1n) is 8.63. The standard InChI is InChI=1S/C19H25N3O3/c1-14-6-4-5-7-16(14)12-21-8-10-22(11-9-21)15(2)18-20-17(13-25-18)19(23)24-3/h4-7,13,15H,8-12H2,1-3H3. The highest BCUT2D eigenvalue weighted by atomic mass is 16.5. The number of esters is 1. The molecule has 1 aliphatic heterocycles. The summed E-state index contributed by atoms with van der Waals surface area (Å²) in [5.74, 6) is 0.0954. The van der Waals surface area contributed by atoms with Crippen molar-refractivity contribution in [2.45, 2.75) is 26.4 Å². The van der Waals surface area contributed by atoms with Crippen molar-refractivity contribution in [1.29, 1.82) is 0 Å². The third-order valence-electron chi connectivity index (χ3n) is 4.88. The second kappa shape index (κ2) is 7.80. The van der Waals surface area contributed by atoms with Crippen LogP contribution in [0.4, 0.5) is 0 Å². The van der Waals surface area contributed by atoms with Gasteiger partial charge in [-0.25, -0.2) is 9.78 Å². The molecule has 2 heterocycles. The lowest BCUT2D eigenvalue weighted by molar-refractivity contribution is 0.0593. The van der Waals surface area contributed by atoms with Crippen LogP contribution in [0.2, 0.25) is 0 Å². The summed E-state index contributed by atoms with van der Waals surface area (Å²) in [6.07, 6.45) is 1.37. The topological polar surface area (TPSA) is 58.8 Å². The highest BCUT2D eigenvalue weighted by Crippen LogP contribution is 2.22. The summed E-state index contributed by atoms with van der Waals surface area (Å²) in [4.78, 5) is 20.6. The first-order valence-corrected chi connectivity index (χ1v) is 8.63. The van der Waals surface area contributed by atoms with Gasteiger partial charge in [0.25, 0.3) is 0 Å². The molecule has 0 aliphatic carbocycles. The number of rotatable bonds is 5. The van der Waals surface area contributed by atoms with E-state index in [0.29, 0.717) is 5.89 Å². The Morgan fingerprint density at radius 2 is 2.00 bits per heavy atom. The Balaban J connectivity index is 1.55. The van der Waals surface area contributed by atoms with Gasteiger partial charge in [0, 0.05) is 32.7 Å². The van der Waals surface area contributed by atoms with Gasteiger partial charge in [-0.3, -0.25) is 9.80 Å². The smallest absolute Gasteiger partial charge is 0.360 e. The summed E-state index contributed by atoms with van der Waals surface area (Å²) in [6, 6.07) is 8.58. The van der Waals surface area contributed by atoms with E-state index in [1.165, 1.54) is 24.5 Å². The van der Waals surface area contributed by atoms with Gasteiger partial charge >= 0.3 is 5.97 Å². The molecular weight excluding hydrogens is 318 g/mol. The fraction of sp³-hybridized carbons (Fsp3) is 0.474. The zero-order chi connectivity index (χ0) is 17.8. The molecule has 1 saturated heterocycles. The van der Waals surface area contributed by atoms with Crippen molar-refractivity contribution in [1.82, 2.24) is 14.8 Å². The lowest BCUT2D eigenvalue weighted by atomic mass is 10.1. The summed E-state index contributed by atoms with van der Waals surface area (Å²) >= 11 is 0. The van der Waals surface area contributed by atoms with Crippen LogP contribution in [0.5, 0.6) is 0 Å². The van der Waals surface area contributed by atoms with E-state index in [9.17, 15) is 4.79 Å². The van der Waals surface area contributed by atoms with Crippen molar-refractivity contribution in [3.8, 4) is 0 Å². The number of hydrogen-bond donors (Lipinski definition) is 0. The van der Waals surface area contributed by atoms with Crippen molar-refractivity contribution in [2.24, 2.45) is 0 Å². The van der Waals surface area contributed by atoms with E-state index >= 15 is 0 Å². The number of oxazole rings is 1. The zero-order valence-electron chi connectivity index (χ0n) is 15.1. The molecule has 6 nitrogen and oxygen atoms in total. The molecule has 1 aliphatic rings. The van der Waals surface area contributed by atoms with Crippen molar-refractivity contribution >= 4 is 5.97 Å². The number of nitrogens with zero attached hydrogens (tertiary/aromatic N) is 3. The highest BCUT2D eigenvalue weighted by molar-refractivity contribution is 5.86. The third-order valence-corrected chi connectivity index (χ3v) is 4.88. The van der Waals surface area contributed by atoms with E-state index in [4.69, 9.17) is 4.42 Å². The molecule has 1 aromatic heterocycles. The Labute approximate surface area is 148 Å². The van der Waals surface area contributed by atoms with Gasteiger partial charge in [0.1, 0.15) is 6.26 Å². The van der Waals surface area contributed by atoms with Gasteiger partial charge in [0.05, 0.1) is 13.2 Å². The number of ether oxygens (including phenoxy) is 1. The van der Waals surface area contributed by atoms with Crippen LogP contribution in [0.15, 0.2) is 34.9 Å². The molecule has 134 valence electrons. The molecule has 0 saturated carbocycles. The maximum Gasteiger partial charge on any atom is 0.360 e. The molecule has 1 aromatic carbocycles. The van der Waals surface area contributed by atoms with Crippen molar-refractivity contribution in [2.75, 3.05) is 33.3 Å². The Bertz CT molecular complexity index is 720. The first-order chi connectivity index (χ1) is 12.1. The van der Waals surface area contributed by atoms with Gasteiger partial charge in [-0.1, -0.05) is 24.3 Å². The number of aromatic nitrogens is 1. The average Bonchev–Trinajstić information content (AvgIpc) is 3.13. The van der Waals surface area contributed by atoms with Crippen LogP contribution in [0, 0.1) is 6.92 Å². The van der Waals surface area contributed by atoms with Gasteiger partial charge in [-0.05, 0) is 25.0 Å². The van der Waals surface area contributed by atoms with Crippen molar-refractivity contribution < 1.29 is 13.9 Å². The van der Waals surface area contributed by atoms with Gasteiger partial charge in [-0.2, -0.15) is 0 Å². The van der Waals surface area contributed by atoms with Crippen LogP contribution in [-0.4, -0.2) is 54.0 Å². The fourth-order valence-corrected chi connectivity index (χ4v) is 3.17. The fourth-order valence-electron chi connectivity index (χ4n) is 3.17. The Kier molecular flexibility index (Phi) is 5.50.